The maximum atomic E-state index is 11.5. The predicted molar refractivity (Wildman–Crippen MR) is 64.8 cm³/mol. The third-order valence-corrected chi connectivity index (χ3v) is 2.31. The summed E-state index contributed by atoms with van der Waals surface area (Å²) in [6.45, 7) is 3.70. The first-order valence-electron chi connectivity index (χ1n) is 5.42. The molecule has 0 unspecified atom stereocenters. The van der Waals surface area contributed by atoms with Crippen LogP contribution in [0.1, 0.15) is 13.8 Å². The first-order valence-corrected chi connectivity index (χ1v) is 5.42. The largest absolute Gasteiger partial charge is 0.325 e. The van der Waals surface area contributed by atoms with Crippen molar-refractivity contribution in [3.05, 3.63) is 37.1 Å². The fraction of sp³-hybridized carbons (Fsp3) is 0.250. The van der Waals surface area contributed by atoms with E-state index in [4.69, 9.17) is 0 Å². The highest BCUT2D eigenvalue weighted by atomic mass is 16.1. The number of rotatable bonds is 3. The van der Waals surface area contributed by atoms with Crippen molar-refractivity contribution in [2.45, 2.75) is 13.8 Å². The number of anilines is 1. The van der Waals surface area contributed by atoms with E-state index in [9.17, 15) is 4.79 Å². The van der Waals surface area contributed by atoms with Gasteiger partial charge in [0, 0.05) is 18.3 Å². The van der Waals surface area contributed by atoms with Gasteiger partial charge in [0.15, 0.2) is 0 Å². The third-order valence-electron chi connectivity index (χ3n) is 2.31. The Hall–Kier alpha value is -2.17. The molecule has 0 aromatic carbocycles. The molecule has 2 aromatic heterocycles. The normalized spacial score (nSPS) is 10.5. The molecule has 0 spiro atoms. The lowest BCUT2D eigenvalue weighted by atomic mass is 10.2. The Morgan fingerprint density at radius 3 is 2.76 bits per heavy atom. The molecular formula is C12H14N4O. The van der Waals surface area contributed by atoms with Gasteiger partial charge in [0.25, 0.3) is 0 Å². The maximum absolute atomic E-state index is 11.5. The van der Waals surface area contributed by atoms with Crippen molar-refractivity contribution in [3.63, 3.8) is 0 Å². The highest BCUT2D eigenvalue weighted by molar-refractivity contribution is 5.91. The Labute approximate surface area is 99.5 Å². The Kier molecular flexibility index (Phi) is 3.18. The molecule has 0 bridgehead atoms. The molecule has 5 nitrogen and oxygen atoms in total. The van der Waals surface area contributed by atoms with Gasteiger partial charge in [0.2, 0.25) is 5.91 Å². The summed E-state index contributed by atoms with van der Waals surface area (Å²) >= 11 is 0. The number of amides is 1. The summed E-state index contributed by atoms with van der Waals surface area (Å²) in [6, 6.07) is 3.65. The van der Waals surface area contributed by atoms with Crippen molar-refractivity contribution in [3.8, 4) is 5.82 Å². The standard InChI is InChI=1S/C12H14N4O/c1-9(2)12(17)15-10-3-4-11(14-7-10)16-6-5-13-8-16/h3-9H,1-2H3,(H,15,17). The van der Waals surface area contributed by atoms with E-state index in [2.05, 4.69) is 15.3 Å². The van der Waals surface area contributed by atoms with Crippen molar-refractivity contribution < 1.29 is 4.79 Å². The number of nitrogens with one attached hydrogen (secondary N) is 1. The minimum absolute atomic E-state index is 0.0119. The first-order chi connectivity index (χ1) is 8.16. The molecule has 1 amide bonds. The summed E-state index contributed by atoms with van der Waals surface area (Å²) in [4.78, 5) is 19.7. The second-order valence-corrected chi connectivity index (χ2v) is 4.02. The lowest BCUT2D eigenvalue weighted by Gasteiger charge is -2.08. The van der Waals surface area contributed by atoms with E-state index < -0.39 is 0 Å². The van der Waals surface area contributed by atoms with Crippen LogP contribution in [0.4, 0.5) is 5.69 Å². The summed E-state index contributed by atoms with van der Waals surface area (Å²) in [5, 5.41) is 2.79. The molecule has 0 fully saturated rings. The van der Waals surface area contributed by atoms with Crippen LogP contribution in [0, 0.1) is 5.92 Å². The van der Waals surface area contributed by atoms with Crippen LogP contribution >= 0.6 is 0 Å². The van der Waals surface area contributed by atoms with E-state index in [-0.39, 0.29) is 11.8 Å². The van der Waals surface area contributed by atoms with Crippen LogP contribution in [0.2, 0.25) is 0 Å². The number of pyridine rings is 1. The predicted octanol–water partition coefficient (Wildman–Crippen LogP) is 1.86. The zero-order chi connectivity index (χ0) is 12.3. The smallest absolute Gasteiger partial charge is 0.226 e. The zero-order valence-corrected chi connectivity index (χ0v) is 9.79. The molecule has 0 aliphatic carbocycles. The minimum Gasteiger partial charge on any atom is -0.325 e. The Morgan fingerprint density at radius 1 is 1.41 bits per heavy atom. The SMILES string of the molecule is CC(C)C(=O)Nc1ccc(-n2ccnc2)nc1. The zero-order valence-electron chi connectivity index (χ0n) is 9.79. The average Bonchev–Trinajstić information content (AvgIpc) is 2.83. The Balaban J connectivity index is 2.11. The Morgan fingerprint density at radius 2 is 2.24 bits per heavy atom. The van der Waals surface area contributed by atoms with Gasteiger partial charge in [-0.05, 0) is 12.1 Å². The average molecular weight is 230 g/mol. The summed E-state index contributed by atoms with van der Waals surface area (Å²) in [7, 11) is 0. The van der Waals surface area contributed by atoms with E-state index in [1.807, 2.05) is 32.2 Å². The monoisotopic (exact) mass is 230 g/mol. The molecule has 0 aliphatic rings. The molecule has 88 valence electrons. The van der Waals surface area contributed by atoms with Crippen LogP contribution in [-0.2, 0) is 4.79 Å². The quantitative estimate of drug-likeness (QED) is 0.875. The van der Waals surface area contributed by atoms with Crippen LogP contribution in [0.3, 0.4) is 0 Å². The third kappa shape index (κ3) is 2.69. The minimum atomic E-state index is -0.0386. The molecule has 17 heavy (non-hydrogen) atoms. The van der Waals surface area contributed by atoms with Gasteiger partial charge in [-0.2, -0.15) is 0 Å². The van der Waals surface area contributed by atoms with Crippen molar-refractivity contribution in [1.29, 1.82) is 0 Å². The molecule has 2 rings (SSSR count). The topological polar surface area (TPSA) is 59.8 Å². The van der Waals surface area contributed by atoms with E-state index in [1.54, 1.807) is 23.3 Å². The van der Waals surface area contributed by atoms with Gasteiger partial charge >= 0.3 is 0 Å². The van der Waals surface area contributed by atoms with Crippen molar-refractivity contribution >= 4 is 11.6 Å². The Bertz CT molecular complexity index is 488. The number of hydrogen-bond donors (Lipinski definition) is 1. The number of carbonyl (C=O) groups is 1. The fourth-order valence-corrected chi connectivity index (χ4v) is 1.29. The van der Waals surface area contributed by atoms with E-state index in [0.29, 0.717) is 5.69 Å². The summed E-state index contributed by atoms with van der Waals surface area (Å²) in [5.74, 6) is 0.718. The van der Waals surface area contributed by atoms with Gasteiger partial charge in [-0.25, -0.2) is 9.97 Å². The van der Waals surface area contributed by atoms with Crippen LogP contribution in [0.5, 0.6) is 0 Å². The van der Waals surface area contributed by atoms with E-state index in [1.165, 1.54) is 0 Å². The fourth-order valence-electron chi connectivity index (χ4n) is 1.29. The van der Waals surface area contributed by atoms with Gasteiger partial charge in [0.1, 0.15) is 12.1 Å². The lowest BCUT2D eigenvalue weighted by Crippen LogP contribution is -2.17. The molecular weight excluding hydrogens is 216 g/mol. The molecule has 0 atom stereocenters. The number of nitrogens with zero attached hydrogens (tertiary/aromatic N) is 3. The number of carbonyl (C=O) groups excluding carboxylic acids is 1. The van der Waals surface area contributed by atoms with Crippen molar-refractivity contribution in [2.24, 2.45) is 5.92 Å². The lowest BCUT2D eigenvalue weighted by molar-refractivity contribution is -0.118. The van der Waals surface area contributed by atoms with Crippen LogP contribution in [-0.4, -0.2) is 20.4 Å². The van der Waals surface area contributed by atoms with E-state index >= 15 is 0 Å². The summed E-state index contributed by atoms with van der Waals surface area (Å²) in [5.41, 5.74) is 0.701. The summed E-state index contributed by atoms with van der Waals surface area (Å²) in [6.07, 6.45) is 6.81. The molecule has 0 radical (unpaired) electrons. The second-order valence-electron chi connectivity index (χ2n) is 4.02. The van der Waals surface area contributed by atoms with Crippen LogP contribution in [0.25, 0.3) is 5.82 Å². The van der Waals surface area contributed by atoms with Gasteiger partial charge in [-0.1, -0.05) is 13.8 Å². The van der Waals surface area contributed by atoms with Crippen LogP contribution < -0.4 is 5.32 Å². The molecule has 5 heteroatoms. The number of aromatic nitrogens is 3. The maximum Gasteiger partial charge on any atom is 0.226 e. The highest BCUT2D eigenvalue weighted by Gasteiger charge is 2.07. The molecule has 0 aliphatic heterocycles. The molecule has 2 aromatic rings. The van der Waals surface area contributed by atoms with Gasteiger partial charge in [0.05, 0.1) is 11.9 Å². The van der Waals surface area contributed by atoms with Gasteiger partial charge in [-0.15, -0.1) is 0 Å². The first kappa shape index (κ1) is 11.3. The second kappa shape index (κ2) is 4.78. The van der Waals surface area contributed by atoms with Gasteiger partial charge < -0.3 is 5.32 Å². The summed E-state index contributed by atoms with van der Waals surface area (Å²) < 4.78 is 1.80. The van der Waals surface area contributed by atoms with E-state index in [0.717, 1.165) is 5.82 Å². The molecule has 1 N–H and O–H groups in total. The van der Waals surface area contributed by atoms with Gasteiger partial charge in [-0.3, -0.25) is 9.36 Å². The van der Waals surface area contributed by atoms with Crippen LogP contribution in [0.15, 0.2) is 37.1 Å². The van der Waals surface area contributed by atoms with Crippen molar-refractivity contribution in [2.75, 3.05) is 5.32 Å². The number of hydrogen-bond acceptors (Lipinski definition) is 3. The highest BCUT2D eigenvalue weighted by Crippen LogP contribution is 2.10. The van der Waals surface area contributed by atoms with Crippen molar-refractivity contribution in [1.82, 2.24) is 14.5 Å². The number of imidazole rings is 1. The molecule has 0 saturated heterocycles. The molecule has 2 heterocycles. The molecule has 0 saturated carbocycles.